The largest absolute Gasteiger partial charge is 0.310 e. The zero-order valence-corrected chi connectivity index (χ0v) is 11.2. The molecule has 2 heteroatoms. The Hall–Kier alpha value is -0.0800. The Labute approximate surface area is 106 Å². The summed E-state index contributed by atoms with van der Waals surface area (Å²) in [6.45, 7) is 4.07. The smallest absolute Gasteiger partial charge is 0.0198 e. The highest BCUT2D eigenvalue weighted by atomic mass is 15.2. The Morgan fingerprint density at radius 1 is 0.824 bits per heavy atom. The van der Waals surface area contributed by atoms with E-state index in [4.69, 9.17) is 0 Å². The molecule has 2 atom stereocenters. The van der Waals surface area contributed by atoms with Gasteiger partial charge in [-0.15, -0.1) is 0 Å². The third kappa shape index (κ3) is 3.23. The summed E-state index contributed by atoms with van der Waals surface area (Å²) in [6.07, 6.45) is 13.2. The molecule has 0 aromatic rings. The first-order chi connectivity index (χ1) is 8.40. The highest BCUT2D eigenvalue weighted by Crippen LogP contribution is 2.26. The number of fused-ring (bicyclic) bond motifs is 2. The van der Waals surface area contributed by atoms with Crippen LogP contribution < -0.4 is 5.32 Å². The van der Waals surface area contributed by atoms with Crippen LogP contribution in [0.4, 0.5) is 0 Å². The summed E-state index contributed by atoms with van der Waals surface area (Å²) in [4.78, 5) is 2.77. The van der Waals surface area contributed by atoms with Gasteiger partial charge in [-0.1, -0.05) is 25.7 Å². The molecule has 98 valence electrons. The van der Waals surface area contributed by atoms with Crippen LogP contribution in [0.15, 0.2) is 0 Å². The summed E-state index contributed by atoms with van der Waals surface area (Å²) in [7, 11) is 0. The number of likely N-dealkylation sites (tertiary alicyclic amines) is 1. The molecule has 1 N–H and O–H groups in total. The summed E-state index contributed by atoms with van der Waals surface area (Å²) in [5, 5.41) is 3.79. The number of rotatable bonds is 2. The van der Waals surface area contributed by atoms with E-state index in [1.807, 2.05) is 0 Å². The van der Waals surface area contributed by atoms with Crippen molar-refractivity contribution in [2.75, 3.05) is 19.6 Å². The van der Waals surface area contributed by atoms with Gasteiger partial charge in [-0.2, -0.15) is 0 Å². The first-order valence-corrected chi connectivity index (χ1v) is 7.88. The molecular weight excluding hydrogens is 208 g/mol. The van der Waals surface area contributed by atoms with Gasteiger partial charge in [-0.05, 0) is 44.6 Å². The summed E-state index contributed by atoms with van der Waals surface area (Å²) in [6, 6.07) is 1.66. The van der Waals surface area contributed by atoms with Crippen molar-refractivity contribution in [3.8, 4) is 0 Å². The Morgan fingerprint density at radius 3 is 2.41 bits per heavy atom. The van der Waals surface area contributed by atoms with Gasteiger partial charge in [0.1, 0.15) is 0 Å². The molecule has 3 rings (SSSR count). The van der Waals surface area contributed by atoms with Gasteiger partial charge in [-0.3, -0.25) is 0 Å². The maximum Gasteiger partial charge on any atom is 0.0198 e. The fraction of sp³-hybridized carbons (Fsp3) is 1.00. The van der Waals surface area contributed by atoms with E-state index in [1.165, 1.54) is 77.4 Å². The van der Waals surface area contributed by atoms with Crippen molar-refractivity contribution >= 4 is 0 Å². The molecule has 1 aliphatic carbocycles. The predicted molar refractivity (Wildman–Crippen MR) is 72.2 cm³/mol. The fourth-order valence-corrected chi connectivity index (χ4v) is 4.09. The molecule has 0 aromatic heterocycles. The van der Waals surface area contributed by atoms with Gasteiger partial charge in [0, 0.05) is 25.2 Å². The van der Waals surface area contributed by atoms with Crippen LogP contribution in [0.2, 0.25) is 0 Å². The van der Waals surface area contributed by atoms with Gasteiger partial charge in [0.05, 0.1) is 0 Å². The summed E-state index contributed by atoms with van der Waals surface area (Å²) in [5.41, 5.74) is 0. The molecule has 3 aliphatic rings. The standard InChI is InChI=1S/C15H28N2/c1-2-4-6-13(5-3-1)11-17-10-9-14-7-8-15(12-17)16-14/h13-16H,1-12H2. The predicted octanol–water partition coefficient (Wildman–Crippen LogP) is 2.78. The van der Waals surface area contributed by atoms with Gasteiger partial charge in [0.2, 0.25) is 0 Å². The number of nitrogens with zero attached hydrogens (tertiary/aromatic N) is 1. The molecule has 2 unspecified atom stereocenters. The average molecular weight is 236 g/mol. The second kappa shape index (κ2) is 5.71. The first kappa shape index (κ1) is 12.0. The normalized spacial score (nSPS) is 36.7. The van der Waals surface area contributed by atoms with E-state index in [2.05, 4.69) is 10.2 Å². The maximum atomic E-state index is 3.79. The van der Waals surface area contributed by atoms with Gasteiger partial charge in [-0.25, -0.2) is 0 Å². The minimum absolute atomic E-state index is 0.813. The molecule has 2 nitrogen and oxygen atoms in total. The van der Waals surface area contributed by atoms with E-state index in [0.29, 0.717) is 0 Å². The number of hydrogen-bond acceptors (Lipinski definition) is 2. The van der Waals surface area contributed by atoms with Crippen molar-refractivity contribution in [2.45, 2.75) is 69.9 Å². The van der Waals surface area contributed by atoms with Crippen LogP contribution in [0.25, 0.3) is 0 Å². The Balaban J connectivity index is 1.50. The van der Waals surface area contributed by atoms with Crippen LogP contribution in [0.1, 0.15) is 57.8 Å². The summed E-state index contributed by atoms with van der Waals surface area (Å²) < 4.78 is 0. The van der Waals surface area contributed by atoms with E-state index >= 15 is 0 Å². The topological polar surface area (TPSA) is 15.3 Å². The van der Waals surface area contributed by atoms with Gasteiger partial charge in [0.25, 0.3) is 0 Å². The molecular formula is C15H28N2. The molecule has 2 aliphatic heterocycles. The van der Waals surface area contributed by atoms with E-state index in [-0.39, 0.29) is 0 Å². The fourth-order valence-electron chi connectivity index (χ4n) is 4.09. The van der Waals surface area contributed by atoms with Crippen molar-refractivity contribution in [1.82, 2.24) is 10.2 Å². The molecule has 3 fully saturated rings. The lowest BCUT2D eigenvalue weighted by molar-refractivity contribution is 0.209. The van der Waals surface area contributed by atoms with Crippen LogP contribution in [-0.2, 0) is 0 Å². The van der Waals surface area contributed by atoms with E-state index < -0.39 is 0 Å². The number of hydrogen-bond donors (Lipinski definition) is 1. The van der Waals surface area contributed by atoms with Crippen molar-refractivity contribution in [3.05, 3.63) is 0 Å². The van der Waals surface area contributed by atoms with Crippen LogP contribution in [-0.4, -0.2) is 36.6 Å². The lowest BCUT2D eigenvalue weighted by Crippen LogP contribution is -2.37. The lowest BCUT2D eigenvalue weighted by atomic mass is 9.98. The lowest BCUT2D eigenvalue weighted by Gasteiger charge is -2.28. The molecule has 2 saturated heterocycles. The highest BCUT2D eigenvalue weighted by molar-refractivity contribution is 4.90. The van der Waals surface area contributed by atoms with Gasteiger partial charge in [0.15, 0.2) is 0 Å². The van der Waals surface area contributed by atoms with Crippen LogP contribution in [0.3, 0.4) is 0 Å². The van der Waals surface area contributed by atoms with Crippen molar-refractivity contribution in [1.29, 1.82) is 0 Å². The van der Waals surface area contributed by atoms with Crippen molar-refractivity contribution in [3.63, 3.8) is 0 Å². The summed E-state index contributed by atoms with van der Waals surface area (Å²) >= 11 is 0. The van der Waals surface area contributed by atoms with Crippen LogP contribution >= 0.6 is 0 Å². The molecule has 1 saturated carbocycles. The van der Waals surface area contributed by atoms with Crippen molar-refractivity contribution in [2.24, 2.45) is 5.92 Å². The molecule has 2 heterocycles. The van der Waals surface area contributed by atoms with Crippen LogP contribution in [0, 0.1) is 5.92 Å². The van der Waals surface area contributed by atoms with Crippen molar-refractivity contribution < 1.29 is 0 Å². The molecule has 0 amide bonds. The molecule has 0 aromatic carbocycles. The van der Waals surface area contributed by atoms with Gasteiger partial charge >= 0.3 is 0 Å². The molecule has 17 heavy (non-hydrogen) atoms. The molecule has 2 bridgehead atoms. The number of nitrogens with one attached hydrogen (secondary N) is 1. The Bertz CT molecular complexity index is 233. The molecule has 0 spiro atoms. The second-order valence-electron chi connectivity index (χ2n) is 6.54. The zero-order valence-electron chi connectivity index (χ0n) is 11.2. The SMILES string of the molecule is C1CCCC(CN2CCC3CCC(C2)N3)CC1. The third-order valence-corrected chi connectivity index (χ3v) is 5.10. The summed E-state index contributed by atoms with van der Waals surface area (Å²) in [5.74, 6) is 1.01. The molecule has 0 radical (unpaired) electrons. The highest BCUT2D eigenvalue weighted by Gasteiger charge is 2.29. The zero-order chi connectivity index (χ0) is 11.5. The van der Waals surface area contributed by atoms with E-state index in [0.717, 1.165) is 18.0 Å². The van der Waals surface area contributed by atoms with E-state index in [9.17, 15) is 0 Å². The second-order valence-corrected chi connectivity index (χ2v) is 6.54. The maximum absolute atomic E-state index is 3.79. The Kier molecular flexibility index (Phi) is 4.02. The monoisotopic (exact) mass is 236 g/mol. The third-order valence-electron chi connectivity index (χ3n) is 5.10. The Morgan fingerprint density at radius 2 is 1.59 bits per heavy atom. The van der Waals surface area contributed by atoms with Gasteiger partial charge < -0.3 is 10.2 Å². The minimum Gasteiger partial charge on any atom is -0.310 e. The van der Waals surface area contributed by atoms with E-state index in [1.54, 1.807) is 0 Å². The minimum atomic E-state index is 0.813. The average Bonchev–Trinajstić information content (AvgIpc) is 2.53. The van der Waals surface area contributed by atoms with Crippen LogP contribution in [0.5, 0.6) is 0 Å². The quantitative estimate of drug-likeness (QED) is 0.742. The first-order valence-electron chi connectivity index (χ1n) is 7.88.